The molecule has 0 aromatic heterocycles. The first kappa shape index (κ1) is 19.2. The summed E-state index contributed by atoms with van der Waals surface area (Å²) in [4.78, 5) is 24.1. The van der Waals surface area contributed by atoms with E-state index in [-0.39, 0.29) is 42.1 Å². The molecule has 5 nitrogen and oxygen atoms in total. The summed E-state index contributed by atoms with van der Waals surface area (Å²) in [6.07, 6.45) is 8.13. The topological polar surface area (TPSA) is 70.2 Å². The second-order valence-electron chi connectivity index (χ2n) is 6.43. The van der Waals surface area contributed by atoms with Crippen molar-refractivity contribution in [3.8, 4) is 0 Å². The minimum absolute atomic E-state index is 0. The zero-order chi connectivity index (χ0) is 15.1. The summed E-state index contributed by atoms with van der Waals surface area (Å²) in [7, 11) is 1.88. The van der Waals surface area contributed by atoms with Gasteiger partial charge in [0.1, 0.15) is 0 Å². The van der Waals surface area contributed by atoms with Gasteiger partial charge in [0.15, 0.2) is 0 Å². The molecule has 22 heavy (non-hydrogen) atoms. The Morgan fingerprint density at radius 2 is 1.45 bits per heavy atom. The fourth-order valence-electron chi connectivity index (χ4n) is 3.46. The maximum atomic E-state index is 12.1. The van der Waals surface area contributed by atoms with Crippen LogP contribution in [0.3, 0.4) is 0 Å². The lowest BCUT2D eigenvalue weighted by Crippen LogP contribution is -2.43. The van der Waals surface area contributed by atoms with Crippen molar-refractivity contribution in [1.29, 1.82) is 0 Å². The fraction of sp³-hybridized carbons (Fsp3) is 0.875. The minimum atomic E-state index is 0. The van der Waals surface area contributed by atoms with Gasteiger partial charge in [-0.25, -0.2) is 0 Å². The molecule has 3 N–H and O–H groups in total. The molecule has 0 aromatic rings. The van der Waals surface area contributed by atoms with Gasteiger partial charge in [0, 0.05) is 31.0 Å². The van der Waals surface area contributed by atoms with Crippen LogP contribution < -0.4 is 16.0 Å². The lowest BCUT2D eigenvalue weighted by atomic mass is 9.85. The summed E-state index contributed by atoms with van der Waals surface area (Å²) in [5, 5.41) is 9.18. The molecule has 0 unspecified atom stereocenters. The molecule has 2 rings (SSSR count). The first-order valence-electron chi connectivity index (χ1n) is 8.43. The van der Waals surface area contributed by atoms with Crippen molar-refractivity contribution in [3.05, 3.63) is 0 Å². The number of carbonyl (C=O) groups excluding carboxylic acids is 2. The predicted molar refractivity (Wildman–Crippen MR) is 90.0 cm³/mol. The molecule has 2 amide bonds. The van der Waals surface area contributed by atoms with Crippen LogP contribution in [-0.4, -0.2) is 38.0 Å². The molecule has 2 fully saturated rings. The van der Waals surface area contributed by atoms with Crippen LogP contribution in [0, 0.1) is 11.8 Å². The third kappa shape index (κ3) is 5.76. The molecular formula is C16H30ClN3O2. The van der Waals surface area contributed by atoms with Crippen LogP contribution in [0.4, 0.5) is 0 Å². The summed E-state index contributed by atoms with van der Waals surface area (Å²) in [5.41, 5.74) is 0. The first-order chi connectivity index (χ1) is 10.2. The number of hydrogen-bond acceptors (Lipinski definition) is 3. The van der Waals surface area contributed by atoms with Gasteiger partial charge in [0.2, 0.25) is 11.8 Å². The molecule has 128 valence electrons. The smallest absolute Gasteiger partial charge is 0.223 e. The van der Waals surface area contributed by atoms with Crippen molar-refractivity contribution in [3.63, 3.8) is 0 Å². The molecule has 0 spiro atoms. The van der Waals surface area contributed by atoms with Crippen LogP contribution in [-0.2, 0) is 9.59 Å². The molecule has 0 atom stereocenters. The number of nitrogens with one attached hydrogen (secondary N) is 3. The highest BCUT2D eigenvalue weighted by molar-refractivity contribution is 5.85. The average Bonchev–Trinajstić information content (AvgIpc) is 3.02. The summed E-state index contributed by atoms with van der Waals surface area (Å²) in [5.74, 6) is 0.786. The zero-order valence-electron chi connectivity index (χ0n) is 13.5. The van der Waals surface area contributed by atoms with Crippen molar-refractivity contribution < 1.29 is 9.59 Å². The van der Waals surface area contributed by atoms with Crippen LogP contribution in [0.1, 0.15) is 51.4 Å². The molecule has 0 heterocycles. The Balaban J connectivity index is 0.00000242. The third-order valence-electron chi connectivity index (χ3n) is 4.84. The number of likely N-dealkylation sites (N-methyl/N-ethyl adjacent to an activating group) is 1. The van der Waals surface area contributed by atoms with Gasteiger partial charge in [0.05, 0.1) is 0 Å². The van der Waals surface area contributed by atoms with Crippen molar-refractivity contribution in [2.45, 2.75) is 57.4 Å². The van der Waals surface area contributed by atoms with E-state index in [0.717, 1.165) is 45.1 Å². The van der Waals surface area contributed by atoms with Gasteiger partial charge in [0.25, 0.3) is 0 Å². The lowest BCUT2D eigenvalue weighted by molar-refractivity contribution is -0.126. The molecule has 0 radical (unpaired) electrons. The van der Waals surface area contributed by atoms with Gasteiger partial charge >= 0.3 is 0 Å². The SMILES string of the molecule is CNCCNC(=O)C1CCC(NC(=O)C2CCCC2)CC1.Cl. The Bertz CT molecular complexity index is 351. The lowest BCUT2D eigenvalue weighted by Gasteiger charge is -2.29. The molecule has 0 aliphatic heterocycles. The maximum Gasteiger partial charge on any atom is 0.223 e. The Labute approximate surface area is 139 Å². The maximum absolute atomic E-state index is 12.1. The number of rotatable bonds is 6. The normalized spacial score (nSPS) is 25.3. The van der Waals surface area contributed by atoms with Crippen molar-refractivity contribution in [2.75, 3.05) is 20.1 Å². The molecule has 2 aliphatic carbocycles. The van der Waals surface area contributed by atoms with Gasteiger partial charge < -0.3 is 16.0 Å². The van der Waals surface area contributed by atoms with Crippen LogP contribution in [0.25, 0.3) is 0 Å². The number of amides is 2. The van der Waals surface area contributed by atoms with Gasteiger partial charge in [-0.15, -0.1) is 12.4 Å². The number of halogens is 1. The summed E-state index contributed by atoms with van der Waals surface area (Å²) >= 11 is 0. The molecule has 6 heteroatoms. The Morgan fingerprint density at radius 1 is 0.864 bits per heavy atom. The van der Waals surface area contributed by atoms with Crippen LogP contribution >= 0.6 is 12.4 Å². The largest absolute Gasteiger partial charge is 0.355 e. The molecular weight excluding hydrogens is 302 g/mol. The Hall–Kier alpha value is -0.810. The first-order valence-corrected chi connectivity index (χ1v) is 8.43. The second kappa shape index (κ2) is 10.1. The van der Waals surface area contributed by atoms with Gasteiger partial charge in [-0.1, -0.05) is 12.8 Å². The van der Waals surface area contributed by atoms with Crippen molar-refractivity contribution >= 4 is 24.2 Å². The molecule has 2 saturated carbocycles. The van der Waals surface area contributed by atoms with Crippen LogP contribution in [0.2, 0.25) is 0 Å². The van der Waals surface area contributed by atoms with Crippen molar-refractivity contribution in [2.24, 2.45) is 11.8 Å². The van der Waals surface area contributed by atoms with Gasteiger partial charge in [-0.05, 0) is 45.6 Å². The van der Waals surface area contributed by atoms with E-state index in [0.29, 0.717) is 6.54 Å². The quantitative estimate of drug-likeness (QED) is 0.648. The van der Waals surface area contributed by atoms with E-state index in [2.05, 4.69) is 16.0 Å². The summed E-state index contributed by atoms with van der Waals surface area (Å²) < 4.78 is 0. The van der Waals surface area contributed by atoms with Gasteiger partial charge in [-0.3, -0.25) is 9.59 Å². The number of hydrogen-bond donors (Lipinski definition) is 3. The van der Waals surface area contributed by atoms with E-state index in [4.69, 9.17) is 0 Å². The van der Waals surface area contributed by atoms with E-state index in [1.165, 1.54) is 12.8 Å². The van der Waals surface area contributed by atoms with E-state index in [1.807, 2.05) is 7.05 Å². The molecule has 0 aromatic carbocycles. The van der Waals surface area contributed by atoms with Crippen LogP contribution in [0.15, 0.2) is 0 Å². The Kier molecular flexibility index (Phi) is 8.79. The average molecular weight is 332 g/mol. The predicted octanol–water partition coefficient (Wildman–Crippen LogP) is 1.61. The summed E-state index contributed by atoms with van der Waals surface area (Å²) in [6.45, 7) is 1.49. The second-order valence-corrected chi connectivity index (χ2v) is 6.43. The molecule has 0 saturated heterocycles. The van der Waals surface area contributed by atoms with E-state index in [1.54, 1.807) is 0 Å². The van der Waals surface area contributed by atoms with E-state index < -0.39 is 0 Å². The van der Waals surface area contributed by atoms with E-state index in [9.17, 15) is 9.59 Å². The highest BCUT2D eigenvalue weighted by Crippen LogP contribution is 2.27. The standard InChI is InChI=1S/C16H29N3O2.ClH/c1-17-10-11-18-15(20)13-6-8-14(9-7-13)19-16(21)12-4-2-3-5-12;/h12-14,17H,2-11H2,1H3,(H,18,20)(H,19,21);1H. The van der Waals surface area contributed by atoms with E-state index >= 15 is 0 Å². The zero-order valence-corrected chi connectivity index (χ0v) is 14.3. The number of carbonyl (C=O) groups is 2. The third-order valence-corrected chi connectivity index (χ3v) is 4.84. The fourth-order valence-corrected chi connectivity index (χ4v) is 3.46. The van der Waals surface area contributed by atoms with Gasteiger partial charge in [-0.2, -0.15) is 0 Å². The highest BCUT2D eigenvalue weighted by atomic mass is 35.5. The Morgan fingerprint density at radius 3 is 2.05 bits per heavy atom. The summed E-state index contributed by atoms with van der Waals surface area (Å²) in [6, 6.07) is 0.277. The van der Waals surface area contributed by atoms with Crippen LogP contribution in [0.5, 0.6) is 0 Å². The minimum Gasteiger partial charge on any atom is -0.355 e. The molecule has 2 aliphatic rings. The molecule has 0 bridgehead atoms. The monoisotopic (exact) mass is 331 g/mol. The van der Waals surface area contributed by atoms with Crippen molar-refractivity contribution in [1.82, 2.24) is 16.0 Å². The highest BCUT2D eigenvalue weighted by Gasteiger charge is 2.29.